The van der Waals surface area contributed by atoms with E-state index in [0.29, 0.717) is 6.54 Å². The second kappa shape index (κ2) is 5.30. The molecule has 0 bridgehead atoms. The fourth-order valence-corrected chi connectivity index (χ4v) is 2.13. The van der Waals surface area contributed by atoms with Crippen LogP contribution in [0.5, 0.6) is 0 Å². The molecule has 1 aliphatic carbocycles. The highest BCUT2D eigenvalue weighted by Gasteiger charge is 2.33. The number of amides is 1. The summed E-state index contributed by atoms with van der Waals surface area (Å²) in [5.74, 6) is -1.19. The lowest BCUT2D eigenvalue weighted by molar-refractivity contribution is -0.141. The molecular weight excluding hydrogens is 210 g/mol. The molecule has 1 aliphatic rings. The van der Waals surface area contributed by atoms with Gasteiger partial charge in [-0.1, -0.05) is 12.8 Å². The number of aliphatic hydroxyl groups is 1. The van der Waals surface area contributed by atoms with E-state index in [1.165, 1.54) is 4.90 Å². The highest BCUT2D eigenvalue weighted by molar-refractivity contribution is 5.80. The number of nitrogens with zero attached hydrogens (tertiary/aromatic N) is 1. The Kier molecular flexibility index (Phi) is 4.29. The van der Waals surface area contributed by atoms with E-state index in [0.717, 1.165) is 25.7 Å². The molecule has 1 saturated carbocycles. The maximum absolute atomic E-state index is 11.5. The van der Waals surface area contributed by atoms with Crippen LogP contribution in [-0.2, 0) is 9.59 Å². The lowest BCUT2D eigenvalue weighted by atomic mass is 10.0. The second-order valence-electron chi connectivity index (χ2n) is 4.57. The smallest absolute Gasteiger partial charge is 0.303 e. The Hall–Kier alpha value is -1.10. The van der Waals surface area contributed by atoms with Gasteiger partial charge < -0.3 is 15.1 Å². The summed E-state index contributed by atoms with van der Waals surface area (Å²) in [5.41, 5.74) is -0.756. The van der Waals surface area contributed by atoms with Crippen molar-refractivity contribution >= 4 is 11.9 Å². The number of aliphatic carboxylic acids is 1. The van der Waals surface area contributed by atoms with Gasteiger partial charge in [0, 0.05) is 20.0 Å². The van der Waals surface area contributed by atoms with Crippen molar-refractivity contribution in [1.29, 1.82) is 0 Å². The highest BCUT2D eigenvalue weighted by atomic mass is 16.4. The zero-order valence-corrected chi connectivity index (χ0v) is 9.61. The zero-order valence-electron chi connectivity index (χ0n) is 9.61. The number of rotatable bonds is 5. The van der Waals surface area contributed by atoms with Crippen LogP contribution in [0.15, 0.2) is 0 Å². The molecule has 1 amide bonds. The Morgan fingerprint density at radius 1 is 1.25 bits per heavy atom. The van der Waals surface area contributed by atoms with Crippen LogP contribution in [0.4, 0.5) is 0 Å². The minimum absolute atomic E-state index is 0.00190. The molecule has 0 radical (unpaired) electrons. The number of hydrogen-bond acceptors (Lipinski definition) is 3. The van der Waals surface area contributed by atoms with Crippen molar-refractivity contribution in [1.82, 2.24) is 4.90 Å². The Labute approximate surface area is 95.1 Å². The van der Waals surface area contributed by atoms with Crippen LogP contribution in [0.1, 0.15) is 38.5 Å². The lowest BCUT2D eigenvalue weighted by Crippen LogP contribution is -2.42. The van der Waals surface area contributed by atoms with Crippen LogP contribution in [0.2, 0.25) is 0 Å². The largest absolute Gasteiger partial charge is 0.481 e. The molecule has 5 nitrogen and oxygen atoms in total. The molecule has 92 valence electrons. The van der Waals surface area contributed by atoms with Crippen LogP contribution in [-0.4, -0.2) is 46.2 Å². The Morgan fingerprint density at radius 2 is 1.81 bits per heavy atom. The van der Waals surface area contributed by atoms with Crippen molar-refractivity contribution in [3.05, 3.63) is 0 Å². The number of likely N-dealkylation sites (N-methyl/N-ethyl adjacent to an activating group) is 1. The first-order valence-electron chi connectivity index (χ1n) is 5.61. The van der Waals surface area contributed by atoms with Gasteiger partial charge in [-0.3, -0.25) is 9.59 Å². The van der Waals surface area contributed by atoms with Crippen molar-refractivity contribution in [3.63, 3.8) is 0 Å². The third-order valence-corrected chi connectivity index (χ3v) is 3.04. The molecule has 5 heteroatoms. The molecule has 0 aromatic rings. The number of carbonyl (C=O) groups excluding carboxylic acids is 1. The standard InChI is InChI=1S/C11H19NO4/c1-12(9(13)4-5-10(14)15)8-11(16)6-2-3-7-11/h16H,2-8H2,1H3,(H,14,15). The van der Waals surface area contributed by atoms with Gasteiger partial charge in [0.1, 0.15) is 0 Å². The Morgan fingerprint density at radius 3 is 2.31 bits per heavy atom. The maximum Gasteiger partial charge on any atom is 0.303 e. The highest BCUT2D eigenvalue weighted by Crippen LogP contribution is 2.29. The Bertz CT molecular complexity index is 271. The summed E-state index contributed by atoms with van der Waals surface area (Å²) in [4.78, 5) is 23.3. The van der Waals surface area contributed by atoms with E-state index in [4.69, 9.17) is 5.11 Å². The maximum atomic E-state index is 11.5. The topological polar surface area (TPSA) is 77.8 Å². The normalized spacial score (nSPS) is 18.4. The summed E-state index contributed by atoms with van der Waals surface area (Å²) < 4.78 is 0. The first-order chi connectivity index (χ1) is 7.43. The van der Waals surface area contributed by atoms with Gasteiger partial charge >= 0.3 is 5.97 Å². The fraction of sp³-hybridized carbons (Fsp3) is 0.818. The van der Waals surface area contributed by atoms with Crippen LogP contribution in [0, 0.1) is 0 Å². The number of carboxylic acids is 1. The van der Waals surface area contributed by atoms with E-state index in [2.05, 4.69) is 0 Å². The average molecular weight is 229 g/mol. The van der Waals surface area contributed by atoms with Gasteiger partial charge in [0.2, 0.25) is 5.91 Å². The fourth-order valence-electron chi connectivity index (χ4n) is 2.13. The lowest BCUT2D eigenvalue weighted by Gasteiger charge is -2.28. The Balaban J connectivity index is 2.36. The van der Waals surface area contributed by atoms with Crippen molar-refractivity contribution < 1.29 is 19.8 Å². The van der Waals surface area contributed by atoms with E-state index < -0.39 is 11.6 Å². The molecule has 0 heterocycles. The third-order valence-electron chi connectivity index (χ3n) is 3.04. The number of hydrogen-bond donors (Lipinski definition) is 2. The first-order valence-corrected chi connectivity index (χ1v) is 5.61. The quantitative estimate of drug-likeness (QED) is 0.724. The number of carboxylic acid groups (broad SMARTS) is 1. The molecule has 0 aliphatic heterocycles. The predicted octanol–water partition coefficient (Wildman–Crippen LogP) is 0.615. The van der Waals surface area contributed by atoms with Gasteiger partial charge in [0.25, 0.3) is 0 Å². The summed E-state index contributed by atoms with van der Waals surface area (Å²) in [6.07, 6.45) is 3.29. The average Bonchev–Trinajstić information content (AvgIpc) is 2.61. The van der Waals surface area contributed by atoms with Crippen LogP contribution >= 0.6 is 0 Å². The van der Waals surface area contributed by atoms with Crippen molar-refractivity contribution in [3.8, 4) is 0 Å². The summed E-state index contributed by atoms with van der Waals surface area (Å²) in [6, 6.07) is 0. The molecule has 2 N–H and O–H groups in total. The van der Waals surface area contributed by atoms with Gasteiger partial charge in [0.15, 0.2) is 0 Å². The molecule has 0 saturated heterocycles. The van der Waals surface area contributed by atoms with Crippen molar-refractivity contribution in [2.24, 2.45) is 0 Å². The predicted molar refractivity (Wildman–Crippen MR) is 57.9 cm³/mol. The molecule has 1 fully saturated rings. The van der Waals surface area contributed by atoms with Gasteiger partial charge in [-0.25, -0.2) is 0 Å². The van der Waals surface area contributed by atoms with Gasteiger partial charge in [-0.05, 0) is 12.8 Å². The first kappa shape index (κ1) is 13.0. The summed E-state index contributed by atoms with van der Waals surface area (Å²) in [5, 5.41) is 18.5. The van der Waals surface area contributed by atoms with Crippen molar-refractivity contribution in [2.45, 2.75) is 44.1 Å². The van der Waals surface area contributed by atoms with Crippen LogP contribution < -0.4 is 0 Å². The molecule has 0 aromatic heterocycles. The van der Waals surface area contributed by atoms with E-state index in [1.807, 2.05) is 0 Å². The second-order valence-corrected chi connectivity index (χ2v) is 4.57. The van der Waals surface area contributed by atoms with Gasteiger partial charge in [0.05, 0.1) is 12.0 Å². The van der Waals surface area contributed by atoms with E-state index in [1.54, 1.807) is 7.05 Å². The molecule has 0 spiro atoms. The molecule has 0 atom stereocenters. The monoisotopic (exact) mass is 229 g/mol. The van der Waals surface area contributed by atoms with Crippen molar-refractivity contribution in [2.75, 3.05) is 13.6 Å². The third kappa shape index (κ3) is 3.81. The van der Waals surface area contributed by atoms with Gasteiger partial charge in [-0.15, -0.1) is 0 Å². The summed E-state index contributed by atoms with van der Waals surface area (Å²) in [7, 11) is 1.61. The molecular formula is C11H19NO4. The molecule has 1 rings (SSSR count). The minimum Gasteiger partial charge on any atom is -0.481 e. The molecule has 0 unspecified atom stereocenters. The summed E-state index contributed by atoms with van der Waals surface area (Å²) >= 11 is 0. The van der Waals surface area contributed by atoms with Crippen LogP contribution in [0.25, 0.3) is 0 Å². The zero-order chi connectivity index (χ0) is 12.2. The molecule has 16 heavy (non-hydrogen) atoms. The van der Waals surface area contributed by atoms with E-state index in [9.17, 15) is 14.7 Å². The van der Waals surface area contributed by atoms with E-state index in [-0.39, 0.29) is 18.7 Å². The van der Waals surface area contributed by atoms with Gasteiger partial charge in [-0.2, -0.15) is 0 Å². The minimum atomic E-state index is -0.971. The number of carbonyl (C=O) groups is 2. The summed E-state index contributed by atoms with van der Waals surface area (Å²) in [6.45, 7) is 0.311. The van der Waals surface area contributed by atoms with Crippen LogP contribution in [0.3, 0.4) is 0 Å². The SMILES string of the molecule is CN(CC1(O)CCCC1)C(=O)CCC(=O)O. The molecule has 0 aromatic carbocycles. The van der Waals surface area contributed by atoms with E-state index >= 15 is 0 Å².